The van der Waals surface area contributed by atoms with Crippen LogP contribution in [0.25, 0.3) is 0 Å². The lowest BCUT2D eigenvalue weighted by atomic mass is 9.75. The van der Waals surface area contributed by atoms with E-state index >= 15 is 0 Å². The third-order valence-corrected chi connectivity index (χ3v) is 5.84. The fourth-order valence-electron chi connectivity index (χ4n) is 4.65. The second-order valence-electron chi connectivity index (χ2n) is 7.48. The van der Waals surface area contributed by atoms with Crippen molar-refractivity contribution in [3.05, 3.63) is 0 Å². The van der Waals surface area contributed by atoms with Crippen LogP contribution in [0.4, 0.5) is 4.79 Å². The van der Waals surface area contributed by atoms with Gasteiger partial charge in [-0.3, -0.25) is 10.1 Å². The molecule has 1 unspecified atom stereocenters. The van der Waals surface area contributed by atoms with E-state index in [1.165, 1.54) is 49.8 Å². The van der Waals surface area contributed by atoms with Crippen molar-refractivity contribution in [2.75, 3.05) is 19.6 Å². The standard InChI is InChI=1S/C17H29N3O2/c21-16(19-17(22)18-15-7-3-4-8-15)12-20-10-9-13-5-1-2-6-14(13)11-20/h13-15H,1-12H2,(H2,18,19,21,22)/p+1/t13-,14+/m0/s1. The molecule has 3 amide bonds. The lowest BCUT2D eigenvalue weighted by Gasteiger charge is -2.38. The molecule has 22 heavy (non-hydrogen) atoms. The Bertz CT molecular complexity index is 407. The van der Waals surface area contributed by atoms with Crippen LogP contribution in [0.2, 0.25) is 0 Å². The van der Waals surface area contributed by atoms with Gasteiger partial charge in [0.1, 0.15) is 0 Å². The van der Waals surface area contributed by atoms with Crippen LogP contribution in [0, 0.1) is 11.8 Å². The second-order valence-corrected chi connectivity index (χ2v) is 7.48. The molecule has 5 nitrogen and oxygen atoms in total. The van der Waals surface area contributed by atoms with Crippen molar-refractivity contribution < 1.29 is 14.5 Å². The quantitative estimate of drug-likeness (QED) is 0.724. The van der Waals surface area contributed by atoms with Gasteiger partial charge in [-0.05, 0) is 38.0 Å². The number of urea groups is 1. The van der Waals surface area contributed by atoms with Crippen LogP contribution in [0.1, 0.15) is 57.8 Å². The molecule has 0 aromatic heterocycles. The normalized spacial score (nSPS) is 32.3. The van der Waals surface area contributed by atoms with E-state index in [0.717, 1.165) is 37.8 Å². The number of quaternary nitrogens is 1. The van der Waals surface area contributed by atoms with Gasteiger partial charge in [-0.15, -0.1) is 0 Å². The maximum atomic E-state index is 12.1. The highest BCUT2D eigenvalue weighted by Gasteiger charge is 2.34. The van der Waals surface area contributed by atoms with Crippen molar-refractivity contribution in [1.82, 2.24) is 10.6 Å². The Kier molecular flexibility index (Phi) is 5.34. The number of amides is 3. The van der Waals surface area contributed by atoms with Crippen molar-refractivity contribution in [3.63, 3.8) is 0 Å². The Morgan fingerprint density at radius 2 is 1.59 bits per heavy atom. The number of rotatable bonds is 3. The first-order valence-electron chi connectivity index (χ1n) is 9.14. The van der Waals surface area contributed by atoms with Gasteiger partial charge in [-0.1, -0.05) is 25.7 Å². The monoisotopic (exact) mass is 308 g/mol. The molecule has 1 aliphatic heterocycles. The summed E-state index contributed by atoms with van der Waals surface area (Å²) in [6, 6.07) is -0.0398. The average Bonchev–Trinajstić information content (AvgIpc) is 2.99. The van der Waals surface area contributed by atoms with Gasteiger partial charge in [0.2, 0.25) is 0 Å². The molecule has 3 fully saturated rings. The van der Waals surface area contributed by atoms with E-state index in [4.69, 9.17) is 0 Å². The van der Waals surface area contributed by atoms with Crippen molar-refractivity contribution in [2.45, 2.75) is 63.8 Å². The number of carbonyl (C=O) groups excluding carboxylic acids is 2. The van der Waals surface area contributed by atoms with Crippen LogP contribution in [-0.2, 0) is 4.79 Å². The molecule has 2 aliphatic carbocycles. The highest BCUT2D eigenvalue weighted by molar-refractivity contribution is 5.94. The minimum absolute atomic E-state index is 0.125. The molecule has 3 aliphatic rings. The highest BCUT2D eigenvalue weighted by atomic mass is 16.2. The first kappa shape index (κ1) is 15.8. The van der Waals surface area contributed by atoms with Gasteiger partial charge in [0, 0.05) is 12.0 Å². The van der Waals surface area contributed by atoms with Gasteiger partial charge < -0.3 is 10.2 Å². The summed E-state index contributed by atoms with van der Waals surface area (Å²) in [6.07, 6.45) is 11.2. The summed E-state index contributed by atoms with van der Waals surface area (Å²) in [4.78, 5) is 25.2. The first-order chi connectivity index (χ1) is 10.7. The molecule has 1 saturated heterocycles. The lowest BCUT2D eigenvalue weighted by molar-refractivity contribution is -0.902. The zero-order valence-electron chi connectivity index (χ0n) is 13.5. The largest absolute Gasteiger partial charge is 0.335 e. The van der Waals surface area contributed by atoms with Gasteiger partial charge in [0.15, 0.2) is 6.54 Å². The molecule has 0 radical (unpaired) electrons. The molecule has 3 atom stereocenters. The first-order valence-corrected chi connectivity index (χ1v) is 9.14. The van der Waals surface area contributed by atoms with E-state index in [1.807, 2.05) is 0 Å². The third-order valence-electron chi connectivity index (χ3n) is 5.84. The van der Waals surface area contributed by atoms with Crippen LogP contribution in [-0.4, -0.2) is 37.6 Å². The molecule has 0 aromatic carbocycles. The molecular formula is C17H30N3O2+. The topological polar surface area (TPSA) is 62.6 Å². The molecular weight excluding hydrogens is 278 g/mol. The Morgan fingerprint density at radius 3 is 2.36 bits per heavy atom. The van der Waals surface area contributed by atoms with Gasteiger partial charge in [-0.2, -0.15) is 0 Å². The average molecular weight is 308 g/mol. The van der Waals surface area contributed by atoms with Gasteiger partial charge >= 0.3 is 6.03 Å². The van der Waals surface area contributed by atoms with Crippen molar-refractivity contribution in [2.24, 2.45) is 11.8 Å². The molecule has 2 saturated carbocycles. The van der Waals surface area contributed by atoms with E-state index in [0.29, 0.717) is 6.54 Å². The predicted octanol–water partition coefficient (Wildman–Crippen LogP) is 0.850. The molecule has 1 heterocycles. The van der Waals surface area contributed by atoms with Gasteiger partial charge in [0.25, 0.3) is 5.91 Å². The van der Waals surface area contributed by atoms with Crippen molar-refractivity contribution in [3.8, 4) is 0 Å². The maximum Gasteiger partial charge on any atom is 0.321 e. The summed E-state index contributed by atoms with van der Waals surface area (Å²) in [6.45, 7) is 2.64. The summed E-state index contributed by atoms with van der Waals surface area (Å²) >= 11 is 0. The fourth-order valence-corrected chi connectivity index (χ4v) is 4.65. The van der Waals surface area contributed by atoms with E-state index in [9.17, 15) is 9.59 Å². The summed E-state index contributed by atoms with van der Waals surface area (Å²) < 4.78 is 0. The van der Waals surface area contributed by atoms with E-state index in [-0.39, 0.29) is 18.0 Å². The minimum atomic E-state index is -0.302. The molecule has 5 heteroatoms. The Hall–Kier alpha value is -1.10. The van der Waals surface area contributed by atoms with E-state index in [2.05, 4.69) is 10.6 Å². The molecule has 3 rings (SSSR count). The molecule has 0 bridgehead atoms. The highest BCUT2D eigenvalue weighted by Crippen LogP contribution is 2.32. The zero-order valence-corrected chi connectivity index (χ0v) is 13.5. The summed E-state index contributed by atoms with van der Waals surface area (Å²) in [7, 11) is 0. The summed E-state index contributed by atoms with van der Waals surface area (Å²) in [5.41, 5.74) is 0. The van der Waals surface area contributed by atoms with Crippen LogP contribution >= 0.6 is 0 Å². The summed E-state index contributed by atoms with van der Waals surface area (Å²) in [5.74, 6) is 1.57. The third kappa shape index (κ3) is 4.22. The van der Waals surface area contributed by atoms with Crippen LogP contribution in [0.15, 0.2) is 0 Å². The van der Waals surface area contributed by atoms with E-state index in [1.54, 1.807) is 0 Å². The van der Waals surface area contributed by atoms with Crippen LogP contribution in [0.3, 0.4) is 0 Å². The molecule has 0 aromatic rings. The van der Waals surface area contributed by atoms with E-state index < -0.39 is 0 Å². The fraction of sp³-hybridized carbons (Fsp3) is 0.882. The molecule has 124 valence electrons. The zero-order chi connectivity index (χ0) is 15.4. The number of nitrogens with one attached hydrogen (secondary N) is 3. The number of fused-ring (bicyclic) bond motifs is 1. The van der Waals surface area contributed by atoms with Crippen LogP contribution < -0.4 is 15.5 Å². The summed E-state index contributed by atoms with van der Waals surface area (Å²) in [5, 5.41) is 5.43. The number of piperidine rings is 1. The number of imide groups is 1. The van der Waals surface area contributed by atoms with Crippen molar-refractivity contribution >= 4 is 11.9 Å². The molecule has 0 spiro atoms. The van der Waals surface area contributed by atoms with Gasteiger partial charge in [0.05, 0.1) is 13.1 Å². The number of carbonyl (C=O) groups is 2. The number of likely N-dealkylation sites (tertiary alicyclic amines) is 1. The smallest absolute Gasteiger partial charge is 0.321 e. The number of hydrogen-bond donors (Lipinski definition) is 3. The Morgan fingerprint density at radius 1 is 0.909 bits per heavy atom. The predicted molar refractivity (Wildman–Crippen MR) is 84.6 cm³/mol. The number of hydrogen-bond acceptors (Lipinski definition) is 2. The minimum Gasteiger partial charge on any atom is -0.335 e. The van der Waals surface area contributed by atoms with Gasteiger partial charge in [-0.25, -0.2) is 4.79 Å². The lowest BCUT2D eigenvalue weighted by Crippen LogP contribution is -3.15. The SMILES string of the molecule is O=C(C[NH+]1CC[C@@H]2CCCC[C@@H]2C1)NC(=O)NC1CCCC1. The second kappa shape index (κ2) is 7.44. The van der Waals surface area contributed by atoms with Crippen LogP contribution in [0.5, 0.6) is 0 Å². The maximum absolute atomic E-state index is 12.1. The Balaban J connectivity index is 1.38. The Labute approximate surface area is 133 Å². The molecule has 3 N–H and O–H groups in total. The van der Waals surface area contributed by atoms with Crippen molar-refractivity contribution in [1.29, 1.82) is 0 Å².